The Balaban J connectivity index is 1.69. The smallest absolute Gasteiger partial charge is 0.0302 e. The number of likely N-dealkylation sites (N-methyl/N-ethyl adjacent to an activating group) is 1. The van der Waals surface area contributed by atoms with Gasteiger partial charge in [0.2, 0.25) is 0 Å². The van der Waals surface area contributed by atoms with Crippen LogP contribution in [-0.2, 0) is 13.1 Å². The van der Waals surface area contributed by atoms with Crippen molar-refractivity contribution < 1.29 is 0 Å². The predicted molar refractivity (Wildman–Crippen MR) is 88.3 cm³/mol. The number of hydrogen-bond donors (Lipinski definition) is 1. The van der Waals surface area contributed by atoms with Crippen LogP contribution in [-0.4, -0.2) is 25.0 Å². The fraction of sp³-hybridized carbons (Fsp3) is 0.412. The van der Waals surface area contributed by atoms with Gasteiger partial charge in [0.1, 0.15) is 0 Å². The van der Waals surface area contributed by atoms with Crippen molar-refractivity contribution in [3.8, 4) is 0 Å². The number of hydrogen-bond acceptors (Lipinski definition) is 3. The number of nitrogens with zero attached hydrogens (tertiary/aromatic N) is 1. The second-order valence-corrected chi connectivity index (χ2v) is 6.37. The lowest BCUT2D eigenvalue weighted by atomic mass is 10.1. The van der Waals surface area contributed by atoms with Gasteiger partial charge in [0.25, 0.3) is 0 Å². The van der Waals surface area contributed by atoms with Crippen LogP contribution in [0, 0.1) is 13.8 Å². The molecule has 2 rings (SSSR count). The molecular weight excluding hydrogens is 264 g/mol. The first-order chi connectivity index (χ1) is 9.66. The van der Waals surface area contributed by atoms with E-state index in [2.05, 4.69) is 66.8 Å². The Morgan fingerprint density at radius 3 is 2.60 bits per heavy atom. The molecule has 1 aromatic carbocycles. The van der Waals surface area contributed by atoms with E-state index in [1.165, 1.54) is 21.6 Å². The molecule has 0 aliphatic rings. The maximum absolute atomic E-state index is 3.53. The highest BCUT2D eigenvalue weighted by Gasteiger charge is 2.03. The third-order valence-corrected chi connectivity index (χ3v) is 4.65. The van der Waals surface area contributed by atoms with Crippen molar-refractivity contribution >= 4 is 11.3 Å². The predicted octanol–water partition coefficient (Wildman–Crippen LogP) is 3.59. The van der Waals surface area contributed by atoms with Crippen LogP contribution < -0.4 is 5.32 Å². The quantitative estimate of drug-likeness (QED) is 0.783. The Labute approximate surface area is 126 Å². The van der Waals surface area contributed by atoms with Crippen molar-refractivity contribution in [1.29, 1.82) is 0 Å². The SMILES string of the molecule is Cc1ccccc1CN(C)CCNCc1sccc1C. The molecule has 2 aromatic rings. The minimum Gasteiger partial charge on any atom is -0.311 e. The number of thiophene rings is 1. The van der Waals surface area contributed by atoms with E-state index in [1.807, 2.05) is 11.3 Å². The molecule has 0 aliphatic heterocycles. The van der Waals surface area contributed by atoms with Crippen LogP contribution in [0.5, 0.6) is 0 Å². The molecule has 0 bridgehead atoms. The minimum absolute atomic E-state index is 0.988. The number of nitrogens with one attached hydrogen (secondary N) is 1. The third-order valence-electron chi connectivity index (χ3n) is 3.63. The highest BCUT2D eigenvalue weighted by molar-refractivity contribution is 7.10. The van der Waals surface area contributed by atoms with E-state index in [4.69, 9.17) is 0 Å². The summed E-state index contributed by atoms with van der Waals surface area (Å²) in [7, 11) is 2.19. The molecular formula is C17H24N2S. The van der Waals surface area contributed by atoms with Crippen LogP contribution in [0.2, 0.25) is 0 Å². The number of aryl methyl sites for hydroxylation is 2. The van der Waals surface area contributed by atoms with Gasteiger partial charge in [-0.25, -0.2) is 0 Å². The van der Waals surface area contributed by atoms with Crippen LogP contribution in [0.4, 0.5) is 0 Å². The first-order valence-electron chi connectivity index (χ1n) is 7.13. The zero-order valence-electron chi connectivity index (χ0n) is 12.6. The van der Waals surface area contributed by atoms with Gasteiger partial charge in [0.05, 0.1) is 0 Å². The molecule has 2 nitrogen and oxygen atoms in total. The fourth-order valence-electron chi connectivity index (χ4n) is 2.21. The van der Waals surface area contributed by atoms with E-state index in [0.717, 1.165) is 26.2 Å². The maximum Gasteiger partial charge on any atom is 0.0302 e. The van der Waals surface area contributed by atoms with Crippen molar-refractivity contribution in [1.82, 2.24) is 10.2 Å². The van der Waals surface area contributed by atoms with E-state index < -0.39 is 0 Å². The lowest BCUT2D eigenvalue weighted by Crippen LogP contribution is -2.28. The third kappa shape index (κ3) is 4.44. The molecule has 0 saturated carbocycles. The molecule has 0 fully saturated rings. The van der Waals surface area contributed by atoms with Crippen LogP contribution in [0.1, 0.15) is 21.6 Å². The molecule has 0 aliphatic carbocycles. The van der Waals surface area contributed by atoms with E-state index in [-0.39, 0.29) is 0 Å². The molecule has 0 radical (unpaired) electrons. The average Bonchev–Trinajstić information content (AvgIpc) is 2.83. The molecule has 0 atom stereocenters. The van der Waals surface area contributed by atoms with E-state index >= 15 is 0 Å². The number of rotatable bonds is 7. The molecule has 3 heteroatoms. The Bertz CT molecular complexity index is 533. The van der Waals surface area contributed by atoms with Gasteiger partial charge < -0.3 is 10.2 Å². The number of benzene rings is 1. The van der Waals surface area contributed by atoms with E-state index in [9.17, 15) is 0 Å². The molecule has 108 valence electrons. The summed E-state index contributed by atoms with van der Waals surface area (Å²) in [5, 5.41) is 5.69. The van der Waals surface area contributed by atoms with E-state index in [0.29, 0.717) is 0 Å². The zero-order chi connectivity index (χ0) is 14.4. The first-order valence-corrected chi connectivity index (χ1v) is 8.01. The van der Waals surface area contributed by atoms with Crippen molar-refractivity contribution in [2.75, 3.05) is 20.1 Å². The highest BCUT2D eigenvalue weighted by atomic mass is 32.1. The summed E-state index contributed by atoms with van der Waals surface area (Å²) in [6.07, 6.45) is 0. The Morgan fingerprint density at radius 2 is 1.90 bits per heavy atom. The van der Waals surface area contributed by atoms with Crippen LogP contribution >= 0.6 is 11.3 Å². The molecule has 0 saturated heterocycles. The highest BCUT2D eigenvalue weighted by Crippen LogP contribution is 2.14. The normalized spacial score (nSPS) is 11.2. The van der Waals surface area contributed by atoms with Gasteiger partial charge in [0, 0.05) is 31.1 Å². The molecule has 1 heterocycles. The van der Waals surface area contributed by atoms with Gasteiger partial charge >= 0.3 is 0 Å². The standard InChI is InChI=1S/C17H24N2S/c1-14-6-4-5-7-16(14)13-19(3)10-9-18-12-17-15(2)8-11-20-17/h4-8,11,18H,9-10,12-13H2,1-3H3. The van der Waals surface area contributed by atoms with Crippen molar-refractivity contribution in [2.24, 2.45) is 0 Å². The van der Waals surface area contributed by atoms with Crippen LogP contribution in [0.15, 0.2) is 35.7 Å². The van der Waals surface area contributed by atoms with Crippen LogP contribution in [0.25, 0.3) is 0 Å². The first kappa shape index (κ1) is 15.2. The summed E-state index contributed by atoms with van der Waals surface area (Å²) in [5.41, 5.74) is 4.20. The lowest BCUT2D eigenvalue weighted by Gasteiger charge is -2.18. The second kappa shape index (κ2) is 7.58. The molecule has 20 heavy (non-hydrogen) atoms. The maximum atomic E-state index is 3.53. The summed E-state index contributed by atoms with van der Waals surface area (Å²) in [6, 6.07) is 10.8. The van der Waals surface area contributed by atoms with Gasteiger partial charge in [0.15, 0.2) is 0 Å². The molecule has 1 aromatic heterocycles. The zero-order valence-corrected chi connectivity index (χ0v) is 13.5. The Morgan fingerprint density at radius 1 is 1.10 bits per heavy atom. The van der Waals surface area contributed by atoms with Gasteiger partial charge in [-0.1, -0.05) is 24.3 Å². The monoisotopic (exact) mass is 288 g/mol. The summed E-state index contributed by atoms with van der Waals surface area (Å²) < 4.78 is 0. The molecule has 0 spiro atoms. The molecule has 1 N–H and O–H groups in total. The van der Waals surface area contributed by atoms with E-state index in [1.54, 1.807) is 0 Å². The minimum atomic E-state index is 0.988. The lowest BCUT2D eigenvalue weighted by molar-refractivity contribution is 0.323. The molecule has 0 amide bonds. The van der Waals surface area contributed by atoms with Crippen molar-refractivity contribution in [2.45, 2.75) is 26.9 Å². The summed E-state index contributed by atoms with van der Waals surface area (Å²) >= 11 is 1.84. The summed E-state index contributed by atoms with van der Waals surface area (Å²) in [6.45, 7) is 8.46. The Kier molecular flexibility index (Phi) is 5.77. The van der Waals surface area contributed by atoms with Gasteiger partial charge in [-0.15, -0.1) is 11.3 Å². The average molecular weight is 288 g/mol. The fourth-order valence-corrected chi connectivity index (χ4v) is 3.09. The Hall–Kier alpha value is -1.16. The molecule has 0 unspecified atom stereocenters. The topological polar surface area (TPSA) is 15.3 Å². The largest absolute Gasteiger partial charge is 0.311 e. The van der Waals surface area contributed by atoms with Crippen LogP contribution in [0.3, 0.4) is 0 Å². The second-order valence-electron chi connectivity index (χ2n) is 5.37. The van der Waals surface area contributed by atoms with Crippen molar-refractivity contribution in [3.05, 3.63) is 57.3 Å². The summed E-state index contributed by atoms with van der Waals surface area (Å²) in [4.78, 5) is 3.82. The van der Waals surface area contributed by atoms with Gasteiger partial charge in [-0.2, -0.15) is 0 Å². The van der Waals surface area contributed by atoms with Gasteiger partial charge in [-0.3, -0.25) is 0 Å². The van der Waals surface area contributed by atoms with Gasteiger partial charge in [-0.05, 0) is 49.0 Å². The summed E-state index contributed by atoms with van der Waals surface area (Å²) in [5.74, 6) is 0. The van der Waals surface area contributed by atoms with Crippen molar-refractivity contribution in [3.63, 3.8) is 0 Å².